The third kappa shape index (κ3) is 1.24. The van der Waals surface area contributed by atoms with E-state index in [4.69, 9.17) is 5.73 Å². The molecule has 0 saturated carbocycles. The van der Waals surface area contributed by atoms with Crippen molar-refractivity contribution in [3.63, 3.8) is 0 Å². The number of rotatable bonds is 1. The summed E-state index contributed by atoms with van der Waals surface area (Å²) in [7, 11) is 0. The average Bonchev–Trinajstić information content (AvgIpc) is 2.75. The summed E-state index contributed by atoms with van der Waals surface area (Å²) in [6.07, 6.45) is 1.76. The van der Waals surface area contributed by atoms with Crippen LogP contribution in [0.4, 0.5) is 5.69 Å². The molecule has 0 amide bonds. The van der Waals surface area contributed by atoms with Crippen LogP contribution in [-0.4, -0.2) is 15.2 Å². The Morgan fingerprint density at radius 2 is 2.00 bits per heavy atom. The third-order valence-corrected chi connectivity index (χ3v) is 2.54. The van der Waals surface area contributed by atoms with Gasteiger partial charge in [-0.3, -0.25) is 10.1 Å². The fourth-order valence-electron chi connectivity index (χ4n) is 1.77. The second-order valence-corrected chi connectivity index (χ2v) is 3.56. The van der Waals surface area contributed by atoms with Gasteiger partial charge in [0.25, 0.3) is 0 Å². The lowest BCUT2D eigenvalue weighted by Crippen LogP contribution is -1.85. The van der Waals surface area contributed by atoms with Crippen molar-refractivity contribution in [1.82, 2.24) is 15.2 Å². The monoisotopic (exact) mass is 210 g/mol. The molecule has 0 unspecified atom stereocenters. The molecule has 0 radical (unpaired) electrons. The first-order valence-electron chi connectivity index (χ1n) is 5.00. The highest BCUT2D eigenvalue weighted by Crippen LogP contribution is 2.27. The molecule has 0 saturated heterocycles. The minimum Gasteiger partial charge on any atom is -0.397 e. The summed E-state index contributed by atoms with van der Waals surface area (Å²) in [5, 5.41) is 8.18. The van der Waals surface area contributed by atoms with Crippen LogP contribution in [0.5, 0.6) is 0 Å². The normalized spacial score (nSPS) is 10.8. The van der Waals surface area contributed by atoms with E-state index in [2.05, 4.69) is 15.2 Å². The molecular weight excluding hydrogens is 200 g/mol. The van der Waals surface area contributed by atoms with Crippen molar-refractivity contribution in [2.24, 2.45) is 0 Å². The van der Waals surface area contributed by atoms with E-state index in [0.29, 0.717) is 5.69 Å². The first-order chi connectivity index (χ1) is 7.86. The maximum absolute atomic E-state index is 5.84. The van der Waals surface area contributed by atoms with E-state index in [0.717, 1.165) is 22.3 Å². The van der Waals surface area contributed by atoms with Gasteiger partial charge >= 0.3 is 0 Å². The number of nitrogens with two attached hydrogens (primary N) is 1. The molecule has 4 nitrogen and oxygen atoms in total. The van der Waals surface area contributed by atoms with Gasteiger partial charge in [0.2, 0.25) is 0 Å². The van der Waals surface area contributed by atoms with Crippen molar-refractivity contribution in [2.75, 3.05) is 5.73 Å². The molecular formula is C12H10N4. The van der Waals surface area contributed by atoms with Crippen LogP contribution < -0.4 is 5.73 Å². The molecule has 16 heavy (non-hydrogen) atoms. The molecule has 3 rings (SSSR count). The molecule has 1 aromatic carbocycles. The van der Waals surface area contributed by atoms with Gasteiger partial charge in [0.1, 0.15) is 5.52 Å². The molecule has 0 fully saturated rings. The van der Waals surface area contributed by atoms with Crippen LogP contribution in [-0.2, 0) is 0 Å². The lowest BCUT2D eigenvalue weighted by Gasteiger charge is -1.97. The molecule has 3 N–H and O–H groups in total. The van der Waals surface area contributed by atoms with E-state index in [1.807, 2.05) is 36.4 Å². The largest absolute Gasteiger partial charge is 0.397 e. The van der Waals surface area contributed by atoms with Crippen molar-refractivity contribution < 1.29 is 0 Å². The van der Waals surface area contributed by atoms with E-state index in [9.17, 15) is 0 Å². The highest BCUT2D eigenvalue weighted by Gasteiger charge is 2.09. The molecule has 0 bridgehead atoms. The van der Waals surface area contributed by atoms with Gasteiger partial charge in [0.15, 0.2) is 0 Å². The van der Waals surface area contributed by atoms with Crippen LogP contribution in [0.3, 0.4) is 0 Å². The molecule has 4 heteroatoms. The zero-order valence-corrected chi connectivity index (χ0v) is 8.51. The maximum atomic E-state index is 5.84. The van der Waals surface area contributed by atoms with Crippen LogP contribution in [0.15, 0.2) is 42.6 Å². The number of aromatic amines is 1. The number of nitrogen functional groups attached to an aromatic ring is 1. The van der Waals surface area contributed by atoms with E-state index in [1.165, 1.54) is 0 Å². The fourth-order valence-corrected chi connectivity index (χ4v) is 1.77. The number of aromatic nitrogens is 3. The number of fused-ring (bicyclic) bond motifs is 1. The number of para-hydroxylation sites is 1. The Morgan fingerprint density at radius 3 is 2.81 bits per heavy atom. The number of H-pyrrole nitrogens is 1. The lowest BCUT2D eigenvalue weighted by atomic mass is 10.1. The number of hydrogen-bond donors (Lipinski definition) is 2. The standard InChI is InChI=1S/C12H10N4/c13-9-5-3-4-8-11(9)15-16-12(8)10-6-1-2-7-14-10/h1-7H,13H2,(H,15,16). The summed E-state index contributed by atoms with van der Waals surface area (Å²) in [5.41, 5.74) is 9.09. The summed E-state index contributed by atoms with van der Waals surface area (Å²) < 4.78 is 0. The summed E-state index contributed by atoms with van der Waals surface area (Å²) in [5.74, 6) is 0. The Hall–Kier alpha value is -2.36. The second kappa shape index (κ2) is 3.34. The predicted octanol–water partition coefficient (Wildman–Crippen LogP) is 2.21. The molecule has 2 heterocycles. The van der Waals surface area contributed by atoms with Crippen molar-refractivity contribution in [3.8, 4) is 11.4 Å². The van der Waals surface area contributed by atoms with E-state index < -0.39 is 0 Å². The van der Waals surface area contributed by atoms with Crippen LogP contribution in [0.25, 0.3) is 22.3 Å². The molecule has 0 aliphatic heterocycles. The van der Waals surface area contributed by atoms with Crippen LogP contribution in [0.2, 0.25) is 0 Å². The number of hydrogen-bond acceptors (Lipinski definition) is 3. The highest BCUT2D eigenvalue weighted by atomic mass is 15.1. The Balaban J connectivity index is 2.30. The number of benzene rings is 1. The van der Waals surface area contributed by atoms with Crippen LogP contribution in [0.1, 0.15) is 0 Å². The van der Waals surface area contributed by atoms with E-state index >= 15 is 0 Å². The minimum absolute atomic E-state index is 0.677. The van der Waals surface area contributed by atoms with Gasteiger partial charge in [-0.25, -0.2) is 0 Å². The number of nitrogens with one attached hydrogen (secondary N) is 1. The first-order valence-corrected chi connectivity index (χ1v) is 5.00. The quantitative estimate of drug-likeness (QED) is 0.605. The van der Waals surface area contributed by atoms with Crippen molar-refractivity contribution in [3.05, 3.63) is 42.6 Å². The Labute approximate surface area is 92.1 Å². The first kappa shape index (κ1) is 8.91. The average molecular weight is 210 g/mol. The summed E-state index contributed by atoms with van der Waals surface area (Å²) in [6.45, 7) is 0. The summed E-state index contributed by atoms with van der Waals surface area (Å²) >= 11 is 0. The van der Waals surface area contributed by atoms with Gasteiger partial charge in [0.05, 0.1) is 17.1 Å². The Bertz CT molecular complexity index is 628. The second-order valence-electron chi connectivity index (χ2n) is 3.56. The SMILES string of the molecule is Nc1cccc2c(-c3ccccn3)[nH]nc12. The van der Waals surface area contributed by atoms with Gasteiger partial charge in [-0.05, 0) is 18.2 Å². The van der Waals surface area contributed by atoms with E-state index in [-0.39, 0.29) is 0 Å². The molecule has 78 valence electrons. The molecule has 0 spiro atoms. The highest BCUT2D eigenvalue weighted by molar-refractivity contribution is 5.98. The molecule has 0 aliphatic rings. The molecule has 3 aromatic rings. The van der Waals surface area contributed by atoms with Crippen molar-refractivity contribution >= 4 is 16.6 Å². The third-order valence-electron chi connectivity index (χ3n) is 2.54. The minimum atomic E-state index is 0.677. The topological polar surface area (TPSA) is 67.6 Å². The zero-order valence-electron chi connectivity index (χ0n) is 8.51. The molecule has 2 aromatic heterocycles. The smallest absolute Gasteiger partial charge is 0.116 e. The Morgan fingerprint density at radius 1 is 1.06 bits per heavy atom. The van der Waals surface area contributed by atoms with Gasteiger partial charge in [-0.1, -0.05) is 18.2 Å². The molecule has 0 aliphatic carbocycles. The summed E-state index contributed by atoms with van der Waals surface area (Å²) in [6, 6.07) is 11.5. The maximum Gasteiger partial charge on any atom is 0.116 e. The Kier molecular flexibility index (Phi) is 1.86. The van der Waals surface area contributed by atoms with Crippen LogP contribution in [0, 0.1) is 0 Å². The number of anilines is 1. The van der Waals surface area contributed by atoms with E-state index in [1.54, 1.807) is 6.20 Å². The summed E-state index contributed by atoms with van der Waals surface area (Å²) in [4.78, 5) is 4.29. The van der Waals surface area contributed by atoms with Crippen LogP contribution >= 0.6 is 0 Å². The number of pyridine rings is 1. The van der Waals surface area contributed by atoms with Crippen molar-refractivity contribution in [2.45, 2.75) is 0 Å². The van der Waals surface area contributed by atoms with Gasteiger partial charge in [0, 0.05) is 11.6 Å². The number of nitrogens with zero attached hydrogens (tertiary/aromatic N) is 2. The van der Waals surface area contributed by atoms with Gasteiger partial charge in [-0.15, -0.1) is 0 Å². The van der Waals surface area contributed by atoms with Gasteiger partial charge < -0.3 is 5.73 Å². The lowest BCUT2D eigenvalue weighted by molar-refractivity contribution is 1.11. The van der Waals surface area contributed by atoms with Crippen molar-refractivity contribution in [1.29, 1.82) is 0 Å². The zero-order chi connectivity index (χ0) is 11.0. The predicted molar refractivity (Wildman–Crippen MR) is 63.7 cm³/mol. The molecule has 0 atom stereocenters. The fraction of sp³-hybridized carbons (Fsp3) is 0. The van der Waals surface area contributed by atoms with Gasteiger partial charge in [-0.2, -0.15) is 5.10 Å².